The second-order valence-corrected chi connectivity index (χ2v) is 12.8. The molecule has 0 aliphatic rings. The first-order chi connectivity index (χ1) is 21.6. The van der Waals surface area contributed by atoms with E-state index in [-0.39, 0.29) is 36.2 Å². The van der Waals surface area contributed by atoms with E-state index in [0.29, 0.717) is 19.3 Å². The number of allylic oxidation sites excluding steroid dienone is 6. The van der Waals surface area contributed by atoms with Crippen molar-refractivity contribution in [1.29, 1.82) is 0 Å². The minimum absolute atomic E-state index is 0.0534. The zero-order valence-electron chi connectivity index (χ0n) is 29.3. The second-order valence-electron chi connectivity index (χ2n) is 12.8. The molecule has 2 atom stereocenters. The summed E-state index contributed by atoms with van der Waals surface area (Å²) in [6.45, 7) is 4.52. The van der Waals surface area contributed by atoms with Crippen molar-refractivity contribution >= 4 is 17.9 Å². The molecule has 0 spiro atoms. The quantitative estimate of drug-likeness (QED) is 0.0366. The van der Waals surface area contributed by atoms with Gasteiger partial charge in [-0.15, -0.1) is 0 Å². The van der Waals surface area contributed by atoms with Crippen molar-refractivity contribution < 1.29 is 38.2 Å². The highest BCUT2D eigenvalue weighted by atomic mass is 16.6. The lowest BCUT2D eigenvalue weighted by molar-refractivity contribution is -0.887. The van der Waals surface area contributed by atoms with Crippen LogP contribution in [0.5, 0.6) is 0 Å². The maximum absolute atomic E-state index is 12.6. The van der Waals surface area contributed by atoms with E-state index in [1.807, 2.05) is 33.3 Å². The van der Waals surface area contributed by atoms with Gasteiger partial charge in [-0.05, 0) is 32.1 Å². The Kier molecular flexibility index (Phi) is 27.4. The van der Waals surface area contributed by atoms with Crippen molar-refractivity contribution in [3.05, 3.63) is 36.5 Å². The molecule has 0 bridgehead atoms. The van der Waals surface area contributed by atoms with Crippen molar-refractivity contribution in [2.45, 2.75) is 142 Å². The summed E-state index contributed by atoms with van der Waals surface area (Å²) in [5, 5.41) is 9.55. The summed E-state index contributed by atoms with van der Waals surface area (Å²) in [6.07, 6.45) is 29.1. The second kappa shape index (κ2) is 29.0. The lowest BCUT2D eigenvalue weighted by Crippen LogP contribution is -2.50. The highest BCUT2D eigenvalue weighted by Crippen LogP contribution is 2.13. The number of hydrogen-bond acceptors (Lipinski definition) is 6. The van der Waals surface area contributed by atoms with Crippen LogP contribution in [-0.4, -0.2) is 80.6 Å². The molecule has 1 N–H and O–H groups in total. The minimum Gasteiger partial charge on any atom is -0.477 e. The number of carboxylic acid groups (broad SMARTS) is 1. The van der Waals surface area contributed by atoms with Gasteiger partial charge in [-0.3, -0.25) is 9.59 Å². The largest absolute Gasteiger partial charge is 0.477 e. The summed E-state index contributed by atoms with van der Waals surface area (Å²) in [7, 11) is 5.50. The summed E-state index contributed by atoms with van der Waals surface area (Å²) < 4.78 is 17.1. The Morgan fingerprint density at radius 1 is 0.689 bits per heavy atom. The number of quaternary nitrogens is 1. The van der Waals surface area contributed by atoms with Crippen LogP contribution in [0.1, 0.15) is 129 Å². The maximum atomic E-state index is 12.6. The number of aliphatic carboxylic acids is 1. The van der Waals surface area contributed by atoms with E-state index >= 15 is 0 Å². The first-order valence-corrected chi connectivity index (χ1v) is 17.6. The highest BCUT2D eigenvalue weighted by Gasteiger charge is 2.31. The van der Waals surface area contributed by atoms with Crippen molar-refractivity contribution in [3.8, 4) is 0 Å². The zero-order valence-corrected chi connectivity index (χ0v) is 29.3. The average molecular weight is 637 g/mol. The monoisotopic (exact) mass is 636 g/mol. The molecule has 8 nitrogen and oxygen atoms in total. The molecule has 0 heterocycles. The fourth-order valence-corrected chi connectivity index (χ4v) is 4.85. The molecule has 260 valence electrons. The summed E-state index contributed by atoms with van der Waals surface area (Å²) in [4.78, 5) is 36.6. The van der Waals surface area contributed by atoms with Gasteiger partial charge >= 0.3 is 17.9 Å². The Balaban J connectivity index is 4.50. The van der Waals surface area contributed by atoms with Gasteiger partial charge in [0.25, 0.3) is 0 Å². The lowest BCUT2D eigenvalue weighted by atomic mass is 10.1. The van der Waals surface area contributed by atoms with E-state index in [9.17, 15) is 19.5 Å². The van der Waals surface area contributed by atoms with Crippen LogP contribution in [0.25, 0.3) is 0 Å². The van der Waals surface area contributed by atoms with Gasteiger partial charge in [0.1, 0.15) is 6.61 Å². The summed E-state index contributed by atoms with van der Waals surface area (Å²) in [5.41, 5.74) is 0. The van der Waals surface area contributed by atoms with Crippen LogP contribution < -0.4 is 0 Å². The Morgan fingerprint density at radius 2 is 1.24 bits per heavy atom. The molecule has 0 aromatic heterocycles. The van der Waals surface area contributed by atoms with E-state index < -0.39 is 18.1 Å². The number of ether oxygens (including phenoxy) is 3. The third kappa shape index (κ3) is 27.6. The number of carbonyl (C=O) groups excluding carboxylic acids is 2. The number of carbonyl (C=O) groups is 3. The van der Waals surface area contributed by atoms with Gasteiger partial charge in [0, 0.05) is 19.3 Å². The van der Waals surface area contributed by atoms with Gasteiger partial charge < -0.3 is 23.8 Å². The Labute approximate surface area is 274 Å². The van der Waals surface area contributed by atoms with Crippen LogP contribution in [-0.2, 0) is 28.6 Å². The molecule has 45 heavy (non-hydrogen) atoms. The normalized spacial score (nSPS) is 13.5. The molecule has 0 radical (unpaired) electrons. The van der Waals surface area contributed by atoms with Gasteiger partial charge in [-0.1, -0.05) is 115 Å². The molecule has 0 fully saturated rings. The predicted molar refractivity (Wildman–Crippen MR) is 183 cm³/mol. The van der Waals surface area contributed by atoms with Gasteiger partial charge in [0.05, 0.1) is 34.4 Å². The van der Waals surface area contributed by atoms with Crippen molar-refractivity contribution in [2.75, 3.05) is 41.0 Å². The molecular weight excluding hydrogens is 570 g/mol. The fraction of sp³-hybridized carbons (Fsp3) is 0.757. The number of likely N-dealkylation sites (N-methyl/N-ethyl adjacent to an activating group) is 1. The van der Waals surface area contributed by atoms with Crippen molar-refractivity contribution in [3.63, 3.8) is 0 Å². The van der Waals surface area contributed by atoms with E-state index in [1.165, 1.54) is 32.1 Å². The number of rotatable bonds is 30. The molecule has 0 rings (SSSR count). The molecule has 0 aliphatic carbocycles. The minimum atomic E-state index is -0.881. The Hall–Kier alpha value is -2.45. The van der Waals surface area contributed by atoms with Crippen LogP contribution in [0, 0.1) is 0 Å². The molecule has 0 saturated heterocycles. The molecule has 0 aliphatic heterocycles. The summed E-state index contributed by atoms with van der Waals surface area (Å²) in [5.74, 6) is -1.51. The fourth-order valence-electron chi connectivity index (χ4n) is 4.85. The number of esters is 2. The topological polar surface area (TPSA) is 99.1 Å². The van der Waals surface area contributed by atoms with Crippen LogP contribution in [0.2, 0.25) is 0 Å². The number of nitrogens with zero attached hydrogens (tertiary/aromatic N) is 1. The SMILES string of the molecule is CC/C=C/C=C/C=C/CCCCCCCC(=O)OC(COCCC(C(=O)O)[N+](C)(C)C)COC(=O)CCCCCCCCCC. The van der Waals surface area contributed by atoms with Crippen molar-refractivity contribution in [1.82, 2.24) is 0 Å². The van der Waals surface area contributed by atoms with Crippen LogP contribution in [0.3, 0.4) is 0 Å². The number of unbranched alkanes of at least 4 members (excludes halogenated alkanes) is 12. The molecule has 0 saturated carbocycles. The summed E-state index contributed by atoms with van der Waals surface area (Å²) in [6, 6.07) is -0.615. The predicted octanol–water partition coefficient (Wildman–Crippen LogP) is 8.35. The van der Waals surface area contributed by atoms with E-state index in [0.717, 1.165) is 64.2 Å². The maximum Gasteiger partial charge on any atom is 0.362 e. The third-order valence-corrected chi connectivity index (χ3v) is 7.62. The first kappa shape index (κ1) is 42.6. The molecule has 2 unspecified atom stereocenters. The van der Waals surface area contributed by atoms with Gasteiger partial charge in [0.15, 0.2) is 12.1 Å². The molecular formula is C37H66NO7+. The van der Waals surface area contributed by atoms with E-state index in [4.69, 9.17) is 14.2 Å². The van der Waals surface area contributed by atoms with Crippen molar-refractivity contribution in [2.24, 2.45) is 0 Å². The standard InChI is InChI=1S/C37H65NO7/c1-6-8-10-12-14-16-17-18-19-20-22-24-26-28-36(40)45-33(31-43-30-29-34(37(41)42)38(3,4)5)32-44-35(39)27-25-23-21-15-13-11-9-7-2/h8,10,12,14,16-17,33-34H,6-7,9,11,13,15,18-32H2,1-5H3/p+1/b10-8+,14-12+,17-16+. The van der Waals surface area contributed by atoms with E-state index in [1.54, 1.807) is 0 Å². The van der Waals surface area contributed by atoms with Crippen LogP contribution >= 0.6 is 0 Å². The lowest BCUT2D eigenvalue weighted by Gasteiger charge is -2.31. The number of hydrogen-bond donors (Lipinski definition) is 1. The molecule has 0 amide bonds. The van der Waals surface area contributed by atoms with E-state index in [2.05, 4.69) is 38.2 Å². The van der Waals surface area contributed by atoms with Crippen LogP contribution in [0.4, 0.5) is 0 Å². The molecule has 0 aromatic rings. The van der Waals surface area contributed by atoms with Gasteiger partial charge in [-0.2, -0.15) is 0 Å². The average Bonchev–Trinajstić information content (AvgIpc) is 2.98. The smallest absolute Gasteiger partial charge is 0.362 e. The molecule has 0 aromatic carbocycles. The Bertz CT molecular complexity index is 844. The Morgan fingerprint density at radius 3 is 1.82 bits per heavy atom. The first-order valence-electron chi connectivity index (χ1n) is 17.6. The number of carboxylic acids is 1. The highest BCUT2D eigenvalue weighted by molar-refractivity contribution is 5.72. The van der Waals surface area contributed by atoms with Gasteiger partial charge in [0.2, 0.25) is 0 Å². The molecule has 8 heteroatoms. The van der Waals surface area contributed by atoms with Gasteiger partial charge in [-0.25, -0.2) is 4.79 Å². The third-order valence-electron chi connectivity index (χ3n) is 7.62. The van der Waals surface area contributed by atoms with Crippen LogP contribution in [0.15, 0.2) is 36.5 Å². The summed E-state index contributed by atoms with van der Waals surface area (Å²) >= 11 is 0. The zero-order chi connectivity index (χ0) is 33.6.